The van der Waals surface area contributed by atoms with Crippen LogP contribution in [0, 0.1) is 17.3 Å². The van der Waals surface area contributed by atoms with E-state index in [1.807, 2.05) is 0 Å². The third kappa shape index (κ3) is 2.02. The van der Waals surface area contributed by atoms with E-state index in [0.29, 0.717) is 23.0 Å². The molecule has 1 saturated carbocycles. The highest BCUT2D eigenvalue weighted by Gasteiger charge is 2.40. The lowest BCUT2D eigenvalue weighted by Gasteiger charge is -2.38. The first-order chi connectivity index (χ1) is 7.00. The topological polar surface area (TPSA) is 17.1 Å². The van der Waals surface area contributed by atoms with Gasteiger partial charge in [-0.2, -0.15) is 0 Å². The van der Waals surface area contributed by atoms with Gasteiger partial charge in [-0.05, 0) is 43.9 Å². The van der Waals surface area contributed by atoms with Gasteiger partial charge in [0.25, 0.3) is 0 Å². The quantitative estimate of drug-likeness (QED) is 0.552. The summed E-state index contributed by atoms with van der Waals surface area (Å²) < 4.78 is 0. The minimum atomic E-state index is 0.318. The minimum Gasteiger partial charge on any atom is -0.299 e. The van der Waals surface area contributed by atoms with Gasteiger partial charge in [-0.15, -0.1) is 0 Å². The van der Waals surface area contributed by atoms with Crippen LogP contribution in [0.5, 0.6) is 0 Å². The second kappa shape index (κ2) is 3.77. The number of carbonyl (C=O) groups is 1. The van der Waals surface area contributed by atoms with Crippen LogP contribution in [-0.4, -0.2) is 5.78 Å². The first kappa shape index (κ1) is 10.9. The van der Waals surface area contributed by atoms with Gasteiger partial charge < -0.3 is 0 Å². The number of rotatable bonds is 0. The number of allylic oxidation sites excluding steroid dienone is 2. The van der Waals surface area contributed by atoms with Crippen molar-refractivity contribution in [3.63, 3.8) is 0 Å². The highest BCUT2D eigenvalue weighted by molar-refractivity contribution is 5.82. The van der Waals surface area contributed by atoms with E-state index in [1.165, 1.54) is 12.0 Å². The molecule has 0 aliphatic heterocycles. The molecule has 2 rings (SSSR count). The number of fused-ring (bicyclic) bond motifs is 1. The van der Waals surface area contributed by atoms with Crippen molar-refractivity contribution in [1.29, 1.82) is 0 Å². The second-order valence-electron chi connectivity index (χ2n) is 5.99. The zero-order valence-corrected chi connectivity index (χ0v) is 10.2. The Bertz CT molecular complexity index is 298. The summed E-state index contributed by atoms with van der Waals surface area (Å²) in [4.78, 5) is 12.0. The summed E-state index contributed by atoms with van der Waals surface area (Å²) in [6, 6.07) is 0. The first-order valence-corrected chi connectivity index (χ1v) is 6.21. The summed E-state index contributed by atoms with van der Waals surface area (Å²) in [6.45, 7) is 6.87. The molecule has 2 aliphatic rings. The predicted molar refractivity (Wildman–Crippen MR) is 62.6 cm³/mol. The molecule has 0 saturated heterocycles. The fraction of sp³-hybridized carbons (Fsp3) is 0.786. The fourth-order valence-corrected chi connectivity index (χ4v) is 3.27. The molecule has 84 valence electrons. The van der Waals surface area contributed by atoms with Gasteiger partial charge >= 0.3 is 0 Å². The summed E-state index contributed by atoms with van der Waals surface area (Å²) in [5.41, 5.74) is 1.80. The van der Waals surface area contributed by atoms with Gasteiger partial charge in [-0.3, -0.25) is 4.79 Å². The Kier molecular flexibility index (Phi) is 2.74. The molecule has 15 heavy (non-hydrogen) atoms. The zero-order valence-electron chi connectivity index (χ0n) is 10.2. The average Bonchev–Trinajstić information content (AvgIpc) is 2.26. The number of carbonyl (C=O) groups excluding carboxylic acids is 1. The molecule has 0 amide bonds. The van der Waals surface area contributed by atoms with E-state index in [4.69, 9.17) is 0 Å². The van der Waals surface area contributed by atoms with Crippen LogP contribution in [0.2, 0.25) is 0 Å². The highest BCUT2D eigenvalue weighted by Crippen LogP contribution is 2.46. The van der Waals surface area contributed by atoms with Crippen LogP contribution in [0.3, 0.4) is 0 Å². The van der Waals surface area contributed by atoms with E-state index in [-0.39, 0.29) is 0 Å². The van der Waals surface area contributed by atoms with Crippen molar-refractivity contribution in [3.8, 4) is 0 Å². The smallest absolute Gasteiger partial charge is 0.136 e. The van der Waals surface area contributed by atoms with Crippen LogP contribution < -0.4 is 0 Å². The molecule has 0 aromatic heterocycles. The molecule has 0 spiro atoms. The maximum atomic E-state index is 12.0. The molecule has 0 bridgehead atoms. The Labute approximate surface area is 92.9 Å². The fourth-order valence-electron chi connectivity index (χ4n) is 3.27. The SMILES string of the molecule is CC1=C[C@H]2[C@@H](CC1)C(=O)CCCC2(C)C. The normalized spacial score (nSPS) is 35.4. The van der Waals surface area contributed by atoms with Crippen LogP contribution in [-0.2, 0) is 4.79 Å². The summed E-state index contributed by atoms with van der Waals surface area (Å²) in [6.07, 6.45) is 7.71. The lowest BCUT2D eigenvalue weighted by molar-refractivity contribution is -0.124. The zero-order chi connectivity index (χ0) is 11.1. The van der Waals surface area contributed by atoms with Crippen molar-refractivity contribution in [2.24, 2.45) is 17.3 Å². The summed E-state index contributed by atoms with van der Waals surface area (Å²) in [5.74, 6) is 1.35. The molecule has 0 radical (unpaired) electrons. The van der Waals surface area contributed by atoms with Gasteiger partial charge in [0.2, 0.25) is 0 Å². The van der Waals surface area contributed by atoms with Crippen LogP contribution in [0.4, 0.5) is 0 Å². The van der Waals surface area contributed by atoms with Crippen molar-refractivity contribution in [3.05, 3.63) is 11.6 Å². The number of hydrogen-bond donors (Lipinski definition) is 0. The van der Waals surface area contributed by atoms with Crippen molar-refractivity contribution in [2.45, 2.75) is 52.9 Å². The van der Waals surface area contributed by atoms with Crippen molar-refractivity contribution in [2.75, 3.05) is 0 Å². The second-order valence-corrected chi connectivity index (χ2v) is 5.99. The monoisotopic (exact) mass is 206 g/mol. The largest absolute Gasteiger partial charge is 0.299 e. The average molecular weight is 206 g/mol. The minimum absolute atomic E-state index is 0.318. The van der Waals surface area contributed by atoms with Gasteiger partial charge in [-0.25, -0.2) is 0 Å². The molecular formula is C14H22O. The van der Waals surface area contributed by atoms with E-state index in [9.17, 15) is 4.79 Å². The molecule has 0 heterocycles. The van der Waals surface area contributed by atoms with E-state index < -0.39 is 0 Å². The molecule has 0 aromatic rings. The van der Waals surface area contributed by atoms with Crippen LogP contribution in [0.1, 0.15) is 52.9 Å². The van der Waals surface area contributed by atoms with E-state index >= 15 is 0 Å². The van der Waals surface area contributed by atoms with Crippen molar-refractivity contribution >= 4 is 5.78 Å². The van der Waals surface area contributed by atoms with Crippen LogP contribution in [0.15, 0.2) is 11.6 Å². The number of Topliss-reactive ketones (excluding diaryl/α,β-unsaturated/α-hetero) is 1. The molecule has 1 fully saturated rings. The summed E-state index contributed by atoms with van der Waals surface area (Å²) in [5, 5.41) is 0. The van der Waals surface area contributed by atoms with Gasteiger partial charge in [0, 0.05) is 12.3 Å². The molecule has 1 nitrogen and oxygen atoms in total. The molecule has 2 aliphatic carbocycles. The van der Waals surface area contributed by atoms with E-state index in [1.54, 1.807) is 0 Å². The van der Waals surface area contributed by atoms with Gasteiger partial charge in [-0.1, -0.05) is 25.5 Å². The van der Waals surface area contributed by atoms with Gasteiger partial charge in [0.15, 0.2) is 0 Å². The van der Waals surface area contributed by atoms with Crippen molar-refractivity contribution < 1.29 is 4.79 Å². The number of ketones is 1. The Balaban J connectivity index is 2.34. The van der Waals surface area contributed by atoms with Crippen molar-refractivity contribution in [1.82, 2.24) is 0 Å². The molecular weight excluding hydrogens is 184 g/mol. The maximum absolute atomic E-state index is 12.0. The molecule has 2 atom stereocenters. The van der Waals surface area contributed by atoms with Gasteiger partial charge in [0.05, 0.1) is 0 Å². The predicted octanol–water partition coefficient (Wildman–Crippen LogP) is 3.74. The standard InChI is InChI=1S/C14H22O/c1-10-6-7-11-12(9-10)14(2,3)8-4-5-13(11)15/h9,11-12H,4-8H2,1-3H3/t11-,12+/m1/s1. The van der Waals surface area contributed by atoms with Gasteiger partial charge in [0.1, 0.15) is 5.78 Å². The molecule has 0 aromatic carbocycles. The third-order valence-corrected chi connectivity index (χ3v) is 4.31. The maximum Gasteiger partial charge on any atom is 0.136 e. The Morgan fingerprint density at radius 2 is 2.07 bits per heavy atom. The lowest BCUT2D eigenvalue weighted by atomic mass is 9.66. The third-order valence-electron chi connectivity index (χ3n) is 4.31. The Morgan fingerprint density at radius 3 is 2.80 bits per heavy atom. The molecule has 1 heteroatoms. The Morgan fingerprint density at radius 1 is 1.33 bits per heavy atom. The summed E-state index contributed by atoms with van der Waals surface area (Å²) >= 11 is 0. The molecule has 0 unspecified atom stereocenters. The van der Waals surface area contributed by atoms with Crippen LogP contribution in [0.25, 0.3) is 0 Å². The molecule has 0 N–H and O–H groups in total. The Hall–Kier alpha value is -0.590. The summed E-state index contributed by atoms with van der Waals surface area (Å²) in [7, 11) is 0. The van der Waals surface area contributed by atoms with E-state index in [2.05, 4.69) is 26.8 Å². The first-order valence-electron chi connectivity index (χ1n) is 6.21. The lowest BCUT2D eigenvalue weighted by Crippen LogP contribution is -2.33. The van der Waals surface area contributed by atoms with Crippen LogP contribution >= 0.6 is 0 Å². The number of hydrogen-bond acceptors (Lipinski definition) is 1. The van der Waals surface area contributed by atoms with E-state index in [0.717, 1.165) is 25.7 Å². The highest BCUT2D eigenvalue weighted by atomic mass is 16.1.